The Morgan fingerprint density at radius 3 is 2.45 bits per heavy atom. The van der Waals surface area contributed by atoms with E-state index in [1.54, 1.807) is 6.92 Å². The Hall–Kier alpha value is -1.79. The number of aromatic nitrogens is 1. The third-order valence-electron chi connectivity index (χ3n) is 3.35. The zero-order valence-corrected chi connectivity index (χ0v) is 11.0. The molecule has 1 saturated heterocycles. The Morgan fingerprint density at radius 1 is 1.35 bits per heavy atom. The minimum atomic E-state index is -4.71. The lowest BCUT2D eigenvalue weighted by atomic mass is 9.93. The Bertz CT molecular complexity index is 465. The molecule has 20 heavy (non-hydrogen) atoms. The van der Waals surface area contributed by atoms with Crippen molar-refractivity contribution < 1.29 is 22.7 Å². The van der Waals surface area contributed by atoms with E-state index in [9.17, 15) is 18.0 Å². The van der Waals surface area contributed by atoms with E-state index in [-0.39, 0.29) is 17.5 Å². The molecule has 1 aromatic rings. The maximum atomic E-state index is 12.0. The SMILES string of the molecule is CC(=O)C1CCN(c2ccc(OC(F)(F)F)cn2)CC1. The topological polar surface area (TPSA) is 42.4 Å². The van der Waals surface area contributed by atoms with Crippen LogP contribution in [-0.2, 0) is 4.79 Å². The first-order valence-corrected chi connectivity index (χ1v) is 6.32. The van der Waals surface area contributed by atoms with Gasteiger partial charge < -0.3 is 9.64 Å². The van der Waals surface area contributed by atoms with Gasteiger partial charge in [-0.05, 0) is 31.9 Å². The van der Waals surface area contributed by atoms with Crippen molar-refractivity contribution in [2.75, 3.05) is 18.0 Å². The van der Waals surface area contributed by atoms with Gasteiger partial charge in [0.15, 0.2) is 0 Å². The van der Waals surface area contributed by atoms with Crippen LogP contribution in [0, 0.1) is 5.92 Å². The van der Waals surface area contributed by atoms with Gasteiger partial charge in [0.05, 0.1) is 6.20 Å². The van der Waals surface area contributed by atoms with E-state index in [0.29, 0.717) is 18.9 Å². The number of ketones is 1. The number of anilines is 1. The van der Waals surface area contributed by atoms with Crippen molar-refractivity contribution >= 4 is 11.6 Å². The van der Waals surface area contributed by atoms with E-state index in [0.717, 1.165) is 19.0 Å². The van der Waals surface area contributed by atoms with Crippen LogP contribution in [-0.4, -0.2) is 30.2 Å². The van der Waals surface area contributed by atoms with Crippen LogP contribution < -0.4 is 9.64 Å². The largest absolute Gasteiger partial charge is 0.573 e. The summed E-state index contributed by atoms with van der Waals surface area (Å²) in [6.45, 7) is 2.94. The fourth-order valence-corrected chi connectivity index (χ4v) is 2.27. The van der Waals surface area contributed by atoms with Gasteiger partial charge in [-0.3, -0.25) is 4.79 Å². The quantitative estimate of drug-likeness (QED) is 0.857. The van der Waals surface area contributed by atoms with Gasteiger partial charge in [-0.1, -0.05) is 0 Å². The molecule has 1 fully saturated rings. The first-order chi connectivity index (χ1) is 9.35. The highest BCUT2D eigenvalue weighted by molar-refractivity contribution is 5.78. The number of alkyl halides is 3. The molecule has 0 atom stereocenters. The summed E-state index contributed by atoms with van der Waals surface area (Å²) in [5, 5.41) is 0. The number of piperidine rings is 1. The number of rotatable bonds is 3. The summed E-state index contributed by atoms with van der Waals surface area (Å²) in [6.07, 6.45) is -2.15. The minimum absolute atomic E-state index is 0.0825. The smallest absolute Gasteiger partial charge is 0.404 e. The summed E-state index contributed by atoms with van der Waals surface area (Å²) in [6, 6.07) is 2.74. The molecule has 0 bridgehead atoms. The predicted molar refractivity (Wildman–Crippen MR) is 66.5 cm³/mol. The van der Waals surface area contributed by atoms with Crippen LogP contribution in [0.4, 0.5) is 19.0 Å². The van der Waals surface area contributed by atoms with Gasteiger partial charge in [0.1, 0.15) is 17.4 Å². The summed E-state index contributed by atoms with van der Waals surface area (Å²) in [5.74, 6) is 0.534. The van der Waals surface area contributed by atoms with Crippen LogP contribution in [0.3, 0.4) is 0 Å². The monoisotopic (exact) mass is 288 g/mol. The zero-order chi connectivity index (χ0) is 14.8. The highest BCUT2D eigenvalue weighted by Crippen LogP contribution is 2.26. The third kappa shape index (κ3) is 3.85. The van der Waals surface area contributed by atoms with Crippen LogP contribution in [0.1, 0.15) is 19.8 Å². The molecule has 0 unspecified atom stereocenters. The van der Waals surface area contributed by atoms with Crippen LogP contribution in [0.15, 0.2) is 18.3 Å². The molecular weight excluding hydrogens is 273 g/mol. The molecule has 2 rings (SSSR count). The van der Waals surface area contributed by atoms with Crippen LogP contribution in [0.25, 0.3) is 0 Å². The number of pyridine rings is 1. The molecule has 1 aliphatic rings. The molecule has 0 aliphatic carbocycles. The van der Waals surface area contributed by atoms with E-state index >= 15 is 0 Å². The molecule has 7 heteroatoms. The third-order valence-corrected chi connectivity index (χ3v) is 3.35. The molecule has 2 heterocycles. The maximum absolute atomic E-state index is 12.0. The van der Waals surface area contributed by atoms with E-state index in [1.165, 1.54) is 12.1 Å². The summed E-state index contributed by atoms with van der Waals surface area (Å²) in [4.78, 5) is 17.2. The molecule has 0 radical (unpaired) electrons. The minimum Gasteiger partial charge on any atom is -0.404 e. The average molecular weight is 288 g/mol. The first-order valence-electron chi connectivity index (χ1n) is 6.32. The summed E-state index contributed by atoms with van der Waals surface area (Å²) < 4.78 is 39.8. The van der Waals surface area contributed by atoms with Crippen molar-refractivity contribution in [2.24, 2.45) is 5.92 Å². The van der Waals surface area contributed by atoms with Gasteiger partial charge in [0.2, 0.25) is 0 Å². The second kappa shape index (κ2) is 5.68. The second-order valence-corrected chi connectivity index (χ2v) is 4.77. The summed E-state index contributed by atoms with van der Waals surface area (Å²) in [7, 11) is 0. The Morgan fingerprint density at radius 2 is 2.00 bits per heavy atom. The van der Waals surface area contributed by atoms with Gasteiger partial charge in [0.25, 0.3) is 0 Å². The lowest BCUT2D eigenvalue weighted by Crippen LogP contribution is -2.36. The fraction of sp³-hybridized carbons (Fsp3) is 0.538. The molecule has 0 saturated carbocycles. The molecule has 0 N–H and O–H groups in total. The average Bonchev–Trinajstić information content (AvgIpc) is 2.38. The van der Waals surface area contributed by atoms with Gasteiger partial charge in [0, 0.05) is 19.0 Å². The Labute approximate surface area is 114 Å². The lowest BCUT2D eigenvalue weighted by Gasteiger charge is -2.31. The number of carbonyl (C=O) groups is 1. The van der Waals surface area contributed by atoms with E-state index in [1.807, 2.05) is 4.90 Å². The maximum Gasteiger partial charge on any atom is 0.573 e. The van der Waals surface area contributed by atoms with E-state index in [2.05, 4.69) is 9.72 Å². The molecule has 1 aromatic heterocycles. The van der Waals surface area contributed by atoms with Crippen LogP contribution in [0.2, 0.25) is 0 Å². The standard InChI is InChI=1S/C13H15F3N2O2/c1-9(19)10-4-6-18(7-5-10)12-3-2-11(8-17-12)20-13(14,15)16/h2-3,8,10H,4-7H2,1H3. The zero-order valence-electron chi connectivity index (χ0n) is 11.0. The number of hydrogen-bond donors (Lipinski definition) is 0. The van der Waals surface area contributed by atoms with Crippen molar-refractivity contribution in [3.05, 3.63) is 18.3 Å². The van der Waals surface area contributed by atoms with Crippen molar-refractivity contribution in [3.63, 3.8) is 0 Å². The Balaban J connectivity index is 1.96. The number of halogens is 3. The predicted octanol–water partition coefficient (Wildman–Crippen LogP) is 2.79. The fourth-order valence-electron chi connectivity index (χ4n) is 2.27. The highest BCUT2D eigenvalue weighted by atomic mass is 19.4. The number of nitrogens with zero attached hydrogens (tertiary/aromatic N) is 2. The lowest BCUT2D eigenvalue weighted by molar-refractivity contribution is -0.274. The van der Waals surface area contributed by atoms with Crippen molar-refractivity contribution in [3.8, 4) is 5.75 Å². The van der Waals surface area contributed by atoms with Crippen LogP contribution >= 0.6 is 0 Å². The molecule has 110 valence electrons. The van der Waals surface area contributed by atoms with E-state index < -0.39 is 6.36 Å². The van der Waals surface area contributed by atoms with Gasteiger partial charge in [-0.2, -0.15) is 0 Å². The Kier molecular flexibility index (Phi) is 4.15. The molecule has 4 nitrogen and oxygen atoms in total. The van der Waals surface area contributed by atoms with Gasteiger partial charge in [-0.25, -0.2) is 4.98 Å². The number of Topliss-reactive ketones (excluding diaryl/α,β-unsaturated/α-hetero) is 1. The van der Waals surface area contributed by atoms with Gasteiger partial charge >= 0.3 is 6.36 Å². The van der Waals surface area contributed by atoms with Crippen molar-refractivity contribution in [1.29, 1.82) is 0 Å². The molecule has 0 spiro atoms. The first kappa shape index (κ1) is 14.6. The summed E-state index contributed by atoms with van der Waals surface area (Å²) >= 11 is 0. The molecular formula is C13H15F3N2O2. The number of hydrogen-bond acceptors (Lipinski definition) is 4. The van der Waals surface area contributed by atoms with Crippen molar-refractivity contribution in [1.82, 2.24) is 4.98 Å². The van der Waals surface area contributed by atoms with Crippen molar-refractivity contribution in [2.45, 2.75) is 26.1 Å². The van der Waals surface area contributed by atoms with Gasteiger partial charge in [-0.15, -0.1) is 13.2 Å². The van der Waals surface area contributed by atoms with Crippen LogP contribution in [0.5, 0.6) is 5.75 Å². The second-order valence-electron chi connectivity index (χ2n) is 4.77. The highest BCUT2D eigenvalue weighted by Gasteiger charge is 2.31. The number of carbonyl (C=O) groups excluding carboxylic acids is 1. The summed E-state index contributed by atoms with van der Waals surface area (Å²) in [5.41, 5.74) is 0. The molecule has 1 aliphatic heterocycles. The normalized spacial score (nSPS) is 17.1. The van der Waals surface area contributed by atoms with E-state index in [4.69, 9.17) is 0 Å². The number of ether oxygens (including phenoxy) is 1. The molecule has 0 aromatic carbocycles. The molecule has 0 amide bonds.